The van der Waals surface area contributed by atoms with Gasteiger partial charge in [0, 0.05) is 31.1 Å². The Morgan fingerprint density at radius 2 is 1.71 bits per heavy atom. The normalized spacial score (nSPS) is 10.4. The molecule has 0 aliphatic carbocycles. The summed E-state index contributed by atoms with van der Waals surface area (Å²) in [7, 11) is 0. The number of aromatic nitrogens is 1. The van der Waals surface area contributed by atoms with Crippen molar-refractivity contribution in [1.82, 2.24) is 4.57 Å². The van der Waals surface area contributed by atoms with Crippen molar-refractivity contribution in [2.45, 2.75) is 13.8 Å². The first-order chi connectivity index (χ1) is 11.5. The van der Waals surface area contributed by atoms with E-state index in [2.05, 4.69) is 6.07 Å². The van der Waals surface area contributed by atoms with Gasteiger partial charge < -0.3 is 0 Å². The second-order valence-corrected chi connectivity index (χ2v) is 5.43. The number of anilines is 2. The van der Waals surface area contributed by atoms with Crippen molar-refractivity contribution >= 4 is 34.1 Å². The topological polar surface area (TPSA) is 66.1 Å². The maximum absolute atomic E-state index is 12.3. The van der Waals surface area contributed by atoms with Gasteiger partial charge in [-0.15, -0.1) is 0 Å². The van der Waals surface area contributed by atoms with Crippen molar-refractivity contribution in [2.75, 3.05) is 4.90 Å². The molecule has 0 saturated carbocycles. The van der Waals surface area contributed by atoms with E-state index in [9.17, 15) is 9.59 Å². The third-order valence-corrected chi connectivity index (χ3v) is 3.84. The van der Waals surface area contributed by atoms with Crippen molar-refractivity contribution in [3.8, 4) is 6.07 Å². The fourth-order valence-corrected chi connectivity index (χ4v) is 2.78. The highest BCUT2D eigenvalue weighted by atomic mass is 16.2. The summed E-state index contributed by atoms with van der Waals surface area (Å²) in [6.07, 6.45) is 1.67. The third-order valence-electron chi connectivity index (χ3n) is 3.84. The predicted octanol–water partition coefficient (Wildman–Crippen LogP) is 3.86. The van der Waals surface area contributed by atoms with Crippen LogP contribution in [0.3, 0.4) is 0 Å². The van der Waals surface area contributed by atoms with Crippen LogP contribution in [-0.4, -0.2) is 16.4 Å². The minimum atomic E-state index is -0.175. The van der Waals surface area contributed by atoms with Gasteiger partial charge in [0.1, 0.15) is 0 Å². The highest BCUT2D eigenvalue weighted by Gasteiger charge is 2.20. The molecule has 5 nitrogen and oxygen atoms in total. The van der Waals surface area contributed by atoms with Crippen LogP contribution in [-0.2, 0) is 4.79 Å². The Balaban J connectivity index is 2.23. The minimum Gasteiger partial charge on any atom is -0.285 e. The van der Waals surface area contributed by atoms with E-state index in [0.717, 1.165) is 10.9 Å². The maximum atomic E-state index is 12.3. The molecule has 118 valence electrons. The maximum Gasteiger partial charge on any atom is 0.228 e. The van der Waals surface area contributed by atoms with E-state index >= 15 is 0 Å². The van der Waals surface area contributed by atoms with Crippen LogP contribution in [0.5, 0.6) is 0 Å². The molecule has 0 saturated heterocycles. The Hall–Kier alpha value is -3.39. The second kappa shape index (κ2) is 6.01. The lowest BCUT2D eigenvalue weighted by Gasteiger charge is -2.20. The fourth-order valence-electron chi connectivity index (χ4n) is 2.78. The number of carbonyl (C=O) groups excluding carboxylic acids is 2. The van der Waals surface area contributed by atoms with Crippen LogP contribution < -0.4 is 4.90 Å². The zero-order valence-electron chi connectivity index (χ0n) is 13.4. The van der Waals surface area contributed by atoms with Crippen molar-refractivity contribution < 1.29 is 9.59 Å². The number of fused-ring (bicyclic) bond motifs is 1. The average Bonchev–Trinajstić information content (AvgIpc) is 2.95. The molecule has 1 aromatic heterocycles. The van der Waals surface area contributed by atoms with Crippen molar-refractivity contribution in [3.05, 3.63) is 60.3 Å². The molecule has 3 rings (SSSR count). The molecule has 0 spiro atoms. The number of nitrogens with zero attached hydrogens (tertiary/aromatic N) is 3. The molecule has 5 heteroatoms. The van der Waals surface area contributed by atoms with E-state index in [4.69, 9.17) is 5.26 Å². The zero-order chi connectivity index (χ0) is 17.3. The molecule has 0 fully saturated rings. The monoisotopic (exact) mass is 317 g/mol. The molecule has 1 amide bonds. The predicted molar refractivity (Wildman–Crippen MR) is 92.2 cm³/mol. The molecular formula is C19H15N3O2. The zero-order valence-corrected chi connectivity index (χ0v) is 13.4. The Kier molecular flexibility index (Phi) is 3.88. The van der Waals surface area contributed by atoms with E-state index < -0.39 is 0 Å². The van der Waals surface area contributed by atoms with Gasteiger partial charge in [0.2, 0.25) is 11.8 Å². The first-order valence-corrected chi connectivity index (χ1v) is 7.45. The third kappa shape index (κ3) is 2.55. The van der Waals surface area contributed by atoms with Crippen LogP contribution in [0.25, 0.3) is 10.9 Å². The first-order valence-electron chi connectivity index (χ1n) is 7.45. The molecular weight excluding hydrogens is 302 g/mol. The van der Waals surface area contributed by atoms with Crippen LogP contribution >= 0.6 is 0 Å². The fraction of sp³-hybridized carbons (Fsp3) is 0.105. The molecule has 0 unspecified atom stereocenters. The number of amides is 1. The Labute approximate surface area is 139 Å². The van der Waals surface area contributed by atoms with Gasteiger partial charge in [-0.05, 0) is 30.3 Å². The smallest absolute Gasteiger partial charge is 0.228 e. The summed E-state index contributed by atoms with van der Waals surface area (Å²) in [6.45, 7) is 2.95. The van der Waals surface area contributed by atoms with Gasteiger partial charge in [-0.3, -0.25) is 19.1 Å². The van der Waals surface area contributed by atoms with E-state index in [-0.39, 0.29) is 11.8 Å². The lowest BCUT2D eigenvalue weighted by Crippen LogP contribution is -2.22. The average molecular weight is 317 g/mol. The van der Waals surface area contributed by atoms with Crippen molar-refractivity contribution in [1.29, 1.82) is 5.26 Å². The molecule has 0 atom stereocenters. The summed E-state index contributed by atoms with van der Waals surface area (Å²) >= 11 is 0. The molecule has 24 heavy (non-hydrogen) atoms. The van der Waals surface area contributed by atoms with Gasteiger partial charge in [-0.1, -0.05) is 18.2 Å². The highest BCUT2D eigenvalue weighted by Crippen LogP contribution is 2.34. The van der Waals surface area contributed by atoms with Crippen LogP contribution in [0.1, 0.15) is 24.2 Å². The summed E-state index contributed by atoms with van der Waals surface area (Å²) in [6, 6.07) is 16.3. The van der Waals surface area contributed by atoms with Gasteiger partial charge in [-0.2, -0.15) is 5.26 Å². The molecule has 1 heterocycles. The van der Waals surface area contributed by atoms with Gasteiger partial charge >= 0.3 is 0 Å². The minimum absolute atomic E-state index is 0.124. The van der Waals surface area contributed by atoms with Gasteiger partial charge in [0.25, 0.3) is 0 Å². The second-order valence-electron chi connectivity index (χ2n) is 5.43. The van der Waals surface area contributed by atoms with E-state index in [1.807, 2.05) is 24.3 Å². The number of benzene rings is 2. The van der Waals surface area contributed by atoms with Crippen molar-refractivity contribution in [3.63, 3.8) is 0 Å². The molecule has 0 aliphatic heterocycles. The van der Waals surface area contributed by atoms with E-state index in [0.29, 0.717) is 16.9 Å². The van der Waals surface area contributed by atoms with Gasteiger partial charge in [0.05, 0.1) is 22.8 Å². The van der Waals surface area contributed by atoms with Crippen LogP contribution in [0.2, 0.25) is 0 Å². The van der Waals surface area contributed by atoms with Gasteiger partial charge in [-0.25, -0.2) is 0 Å². The number of nitriles is 1. The summed E-state index contributed by atoms with van der Waals surface area (Å²) in [5.74, 6) is -0.299. The summed E-state index contributed by atoms with van der Waals surface area (Å²) in [4.78, 5) is 25.7. The summed E-state index contributed by atoms with van der Waals surface area (Å²) < 4.78 is 1.53. The van der Waals surface area contributed by atoms with E-state index in [1.165, 1.54) is 18.4 Å². The number of hydrogen-bond acceptors (Lipinski definition) is 3. The molecule has 0 aliphatic rings. The molecule has 0 N–H and O–H groups in total. The number of hydrogen-bond donors (Lipinski definition) is 0. The SMILES string of the molecule is CC(=O)N(c1ccc(C#N)cc1)c1cn(C(C)=O)c2ccccc12. The number of carbonyl (C=O) groups is 2. The largest absolute Gasteiger partial charge is 0.285 e. The molecule has 0 radical (unpaired) electrons. The Morgan fingerprint density at radius 3 is 2.29 bits per heavy atom. The quantitative estimate of drug-likeness (QED) is 0.721. The van der Waals surface area contributed by atoms with Gasteiger partial charge in [0.15, 0.2) is 0 Å². The van der Waals surface area contributed by atoms with Crippen LogP contribution in [0, 0.1) is 11.3 Å². The van der Waals surface area contributed by atoms with Crippen LogP contribution in [0.15, 0.2) is 54.7 Å². The molecule has 2 aromatic carbocycles. The lowest BCUT2D eigenvalue weighted by atomic mass is 10.1. The van der Waals surface area contributed by atoms with E-state index in [1.54, 1.807) is 35.4 Å². The standard InChI is InChI=1S/C19H15N3O2/c1-13(23)21-12-19(17-5-3-4-6-18(17)21)22(14(2)24)16-9-7-15(11-20)8-10-16/h3-10,12H,1-2H3. The van der Waals surface area contributed by atoms with Crippen molar-refractivity contribution in [2.24, 2.45) is 0 Å². The number of rotatable bonds is 2. The summed E-state index contributed by atoms with van der Waals surface area (Å²) in [5.41, 5.74) is 2.55. The lowest BCUT2D eigenvalue weighted by molar-refractivity contribution is -0.115. The Morgan fingerprint density at radius 1 is 1.04 bits per heavy atom. The molecule has 0 bridgehead atoms. The first kappa shape index (κ1) is 15.5. The highest BCUT2D eigenvalue weighted by molar-refractivity contribution is 6.09. The van der Waals surface area contributed by atoms with Crippen LogP contribution in [0.4, 0.5) is 11.4 Å². The number of para-hydroxylation sites is 1. The molecule has 3 aromatic rings. The summed E-state index contributed by atoms with van der Waals surface area (Å²) in [5, 5.41) is 9.74. The Bertz CT molecular complexity index is 978.